The number of benzene rings is 2. The molecule has 0 amide bonds. The molecule has 0 radical (unpaired) electrons. The molecule has 1 atom stereocenters. The van der Waals surface area contributed by atoms with Gasteiger partial charge in [-0.2, -0.15) is 0 Å². The Hall–Kier alpha value is -3.45. The van der Waals surface area contributed by atoms with Crippen molar-refractivity contribution in [3.05, 3.63) is 60.4 Å². The highest BCUT2D eigenvalue weighted by Gasteiger charge is 2.22. The average Bonchev–Trinajstić information content (AvgIpc) is 3.49. The van der Waals surface area contributed by atoms with Crippen LogP contribution in [-0.2, 0) is 0 Å². The van der Waals surface area contributed by atoms with Crippen LogP contribution in [0.2, 0.25) is 0 Å². The normalized spacial score (nSPS) is 14.6. The van der Waals surface area contributed by atoms with Gasteiger partial charge in [0.1, 0.15) is 22.7 Å². The third kappa shape index (κ3) is 4.11. The van der Waals surface area contributed by atoms with E-state index in [1.807, 2.05) is 36.4 Å². The van der Waals surface area contributed by atoms with Crippen molar-refractivity contribution in [3.63, 3.8) is 0 Å². The maximum Gasteiger partial charge on any atom is 0.247 e. The van der Waals surface area contributed by atoms with E-state index in [9.17, 15) is 5.11 Å². The number of aliphatic hydroxyl groups excluding tert-OH is 1. The zero-order chi connectivity index (χ0) is 20.5. The molecule has 2 heterocycles. The van der Waals surface area contributed by atoms with E-state index in [1.165, 1.54) is 19.0 Å². The molecule has 30 heavy (non-hydrogen) atoms. The van der Waals surface area contributed by atoms with Crippen molar-refractivity contribution in [2.45, 2.75) is 25.9 Å². The van der Waals surface area contributed by atoms with Gasteiger partial charge in [-0.05, 0) is 55.5 Å². The summed E-state index contributed by atoms with van der Waals surface area (Å²) in [6.07, 6.45) is 5.02. The molecule has 1 saturated carbocycles. The van der Waals surface area contributed by atoms with Crippen molar-refractivity contribution < 1.29 is 19.0 Å². The lowest BCUT2D eigenvalue weighted by Gasteiger charge is -2.08. The van der Waals surface area contributed by atoms with Crippen LogP contribution in [0.3, 0.4) is 0 Å². The molecule has 0 spiro atoms. The maximum atomic E-state index is 9.73. The molecule has 1 aliphatic carbocycles. The predicted octanol–water partition coefficient (Wildman–Crippen LogP) is 4.92. The van der Waals surface area contributed by atoms with Gasteiger partial charge in [0.05, 0.1) is 25.1 Å². The summed E-state index contributed by atoms with van der Waals surface area (Å²) in [5.74, 6) is 2.84. The van der Waals surface area contributed by atoms with E-state index >= 15 is 0 Å². The highest BCUT2D eigenvalue weighted by Crippen LogP contribution is 2.31. The smallest absolute Gasteiger partial charge is 0.247 e. The van der Waals surface area contributed by atoms with Crippen molar-refractivity contribution >= 4 is 11.1 Å². The van der Waals surface area contributed by atoms with E-state index < -0.39 is 6.10 Å². The van der Waals surface area contributed by atoms with E-state index in [0.29, 0.717) is 40.2 Å². The van der Waals surface area contributed by atoms with Crippen molar-refractivity contribution in [1.82, 2.24) is 15.0 Å². The number of nitrogens with zero attached hydrogens (tertiary/aromatic N) is 3. The molecule has 1 aliphatic rings. The summed E-state index contributed by atoms with van der Waals surface area (Å²) >= 11 is 0. The van der Waals surface area contributed by atoms with Crippen molar-refractivity contribution in [3.8, 4) is 29.0 Å². The molecule has 0 aliphatic heterocycles. The molecule has 5 rings (SSSR count). The summed E-state index contributed by atoms with van der Waals surface area (Å²) < 4.78 is 17.4. The maximum absolute atomic E-state index is 9.73. The second kappa shape index (κ2) is 7.76. The second-order valence-electron chi connectivity index (χ2n) is 7.49. The topological polar surface area (TPSA) is 90.5 Å². The van der Waals surface area contributed by atoms with E-state index in [0.717, 1.165) is 17.9 Å². The first-order valence-electron chi connectivity index (χ1n) is 9.96. The van der Waals surface area contributed by atoms with Gasteiger partial charge in [-0.25, -0.2) is 15.0 Å². The van der Waals surface area contributed by atoms with Crippen LogP contribution in [0.1, 0.15) is 31.4 Å². The SMILES string of the molecule is CC(O)c1ccc2nc(-c3cnc(Oc4cccc(OCC5CC5)c4)cn3)oc2c1. The molecule has 1 unspecified atom stereocenters. The van der Waals surface area contributed by atoms with E-state index in [-0.39, 0.29) is 0 Å². The zero-order valence-electron chi connectivity index (χ0n) is 16.5. The molecule has 0 bridgehead atoms. The molecule has 0 saturated heterocycles. The molecule has 1 N–H and O–H groups in total. The summed E-state index contributed by atoms with van der Waals surface area (Å²) in [4.78, 5) is 13.1. The van der Waals surface area contributed by atoms with Gasteiger partial charge in [0.15, 0.2) is 5.58 Å². The van der Waals surface area contributed by atoms with Crippen LogP contribution in [0.25, 0.3) is 22.7 Å². The van der Waals surface area contributed by atoms with Crippen molar-refractivity contribution in [2.75, 3.05) is 6.61 Å². The van der Waals surface area contributed by atoms with Gasteiger partial charge in [0.25, 0.3) is 0 Å². The standard InChI is InChI=1S/C23H21N3O4/c1-14(27)16-7-8-19-21(9-16)30-23(26-19)20-11-25-22(12-24-20)29-18-4-2-3-17(10-18)28-13-15-5-6-15/h2-4,7-12,14-15,27H,5-6,13H2,1H3. The number of fused-ring (bicyclic) bond motifs is 1. The van der Waals surface area contributed by atoms with Gasteiger partial charge >= 0.3 is 0 Å². The van der Waals surface area contributed by atoms with Crippen LogP contribution in [0, 0.1) is 5.92 Å². The van der Waals surface area contributed by atoms with Crippen LogP contribution in [0.4, 0.5) is 0 Å². The van der Waals surface area contributed by atoms with Crippen LogP contribution >= 0.6 is 0 Å². The minimum absolute atomic E-state index is 0.363. The monoisotopic (exact) mass is 403 g/mol. The lowest BCUT2D eigenvalue weighted by Crippen LogP contribution is -1.99. The van der Waals surface area contributed by atoms with Crippen molar-refractivity contribution in [2.24, 2.45) is 5.92 Å². The Balaban J connectivity index is 1.30. The molecule has 1 fully saturated rings. The summed E-state index contributed by atoms with van der Waals surface area (Å²) in [5.41, 5.74) is 2.55. The quantitative estimate of drug-likeness (QED) is 0.468. The molecule has 4 aromatic rings. The molecule has 152 valence electrons. The Bertz CT molecular complexity index is 1170. The lowest BCUT2D eigenvalue weighted by molar-refractivity contribution is 0.199. The molecule has 2 aromatic carbocycles. The first-order valence-corrected chi connectivity index (χ1v) is 9.96. The molecular formula is C23H21N3O4. The number of aliphatic hydroxyl groups is 1. The molecular weight excluding hydrogens is 382 g/mol. The van der Waals surface area contributed by atoms with Crippen LogP contribution < -0.4 is 9.47 Å². The number of ether oxygens (including phenoxy) is 2. The minimum atomic E-state index is -0.572. The Morgan fingerprint density at radius 1 is 1.10 bits per heavy atom. The zero-order valence-corrected chi connectivity index (χ0v) is 16.5. The van der Waals surface area contributed by atoms with Gasteiger partial charge in [0, 0.05) is 6.07 Å². The average molecular weight is 403 g/mol. The third-order valence-electron chi connectivity index (χ3n) is 4.95. The number of hydrogen-bond donors (Lipinski definition) is 1. The molecule has 7 nitrogen and oxygen atoms in total. The van der Waals surface area contributed by atoms with Gasteiger partial charge in [0.2, 0.25) is 11.8 Å². The summed E-state index contributed by atoms with van der Waals surface area (Å²) in [6, 6.07) is 12.9. The second-order valence-corrected chi connectivity index (χ2v) is 7.49. The Kier molecular flexibility index (Phi) is 4.80. The number of rotatable bonds is 7. The van der Waals surface area contributed by atoms with Gasteiger partial charge in [-0.1, -0.05) is 12.1 Å². The Labute approximate surface area is 173 Å². The van der Waals surface area contributed by atoms with Crippen LogP contribution in [0.15, 0.2) is 59.3 Å². The van der Waals surface area contributed by atoms with Crippen molar-refractivity contribution in [1.29, 1.82) is 0 Å². The van der Waals surface area contributed by atoms with E-state index in [1.54, 1.807) is 19.2 Å². The number of hydrogen-bond acceptors (Lipinski definition) is 7. The van der Waals surface area contributed by atoms with E-state index in [2.05, 4.69) is 15.0 Å². The summed E-state index contributed by atoms with van der Waals surface area (Å²) in [7, 11) is 0. The summed E-state index contributed by atoms with van der Waals surface area (Å²) in [5, 5.41) is 9.73. The fourth-order valence-electron chi connectivity index (χ4n) is 3.04. The minimum Gasteiger partial charge on any atom is -0.493 e. The summed E-state index contributed by atoms with van der Waals surface area (Å²) in [6.45, 7) is 2.46. The fraction of sp³-hybridized carbons (Fsp3) is 0.261. The first kappa shape index (κ1) is 18.6. The van der Waals surface area contributed by atoms with Gasteiger partial charge < -0.3 is 19.0 Å². The predicted molar refractivity (Wildman–Crippen MR) is 110 cm³/mol. The number of oxazole rings is 1. The first-order chi connectivity index (χ1) is 14.6. The van der Waals surface area contributed by atoms with E-state index in [4.69, 9.17) is 13.9 Å². The highest BCUT2D eigenvalue weighted by atomic mass is 16.5. The third-order valence-corrected chi connectivity index (χ3v) is 4.95. The largest absolute Gasteiger partial charge is 0.493 e. The Morgan fingerprint density at radius 2 is 1.97 bits per heavy atom. The van der Waals surface area contributed by atoms with Gasteiger partial charge in [-0.15, -0.1) is 0 Å². The van der Waals surface area contributed by atoms with Crippen LogP contribution in [-0.4, -0.2) is 26.7 Å². The highest BCUT2D eigenvalue weighted by molar-refractivity contribution is 5.76. The molecule has 7 heteroatoms. The number of aromatic nitrogens is 3. The van der Waals surface area contributed by atoms with Gasteiger partial charge in [-0.3, -0.25) is 0 Å². The van der Waals surface area contributed by atoms with Crippen LogP contribution in [0.5, 0.6) is 17.4 Å². The fourth-order valence-corrected chi connectivity index (χ4v) is 3.04. The Morgan fingerprint density at radius 3 is 2.73 bits per heavy atom. The lowest BCUT2D eigenvalue weighted by atomic mass is 10.1. The molecule has 2 aromatic heterocycles.